The molecule has 1 heterocycles. The van der Waals surface area contributed by atoms with Crippen LogP contribution in [0, 0.1) is 0 Å². The highest BCUT2D eigenvalue weighted by Crippen LogP contribution is 2.30. The molecule has 184 valence electrons. The smallest absolute Gasteiger partial charge is 0.303 e. The number of carbonyl (C=O) groups excluding carboxylic acids is 4. The summed E-state index contributed by atoms with van der Waals surface area (Å²) in [5, 5.41) is 0. The van der Waals surface area contributed by atoms with Gasteiger partial charge < -0.3 is 28.4 Å². The van der Waals surface area contributed by atoms with Crippen molar-refractivity contribution in [2.24, 2.45) is 0 Å². The standard InChI is InChI=1S/C21H34O10S/c1-6-7-10-32-11-8-9-26-21-20(30-16(5)25)19(29-15(4)24)18(28-14(3)23)17(31-21)12-27-13(2)22/h17-21H,6-12H2,1-5H3/t17-,18-,19+,20-,21-/m1/s1. The van der Waals surface area contributed by atoms with Crippen LogP contribution in [0.5, 0.6) is 0 Å². The van der Waals surface area contributed by atoms with Crippen molar-refractivity contribution >= 4 is 35.6 Å². The molecule has 0 radical (unpaired) electrons. The molecule has 0 bridgehead atoms. The molecule has 1 fully saturated rings. The molecule has 11 heteroatoms. The van der Waals surface area contributed by atoms with Crippen LogP contribution in [0.25, 0.3) is 0 Å². The van der Waals surface area contributed by atoms with Crippen molar-refractivity contribution in [2.75, 3.05) is 24.7 Å². The maximum absolute atomic E-state index is 11.8. The lowest BCUT2D eigenvalue weighted by molar-refractivity contribution is -0.308. The molecule has 0 aromatic heterocycles. The van der Waals surface area contributed by atoms with Crippen LogP contribution in [-0.2, 0) is 47.6 Å². The second-order valence-corrected chi connectivity index (χ2v) is 8.48. The van der Waals surface area contributed by atoms with Gasteiger partial charge in [0.15, 0.2) is 24.6 Å². The zero-order valence-corrected chi connectivity index (χ0v) is 20.1. The Kier molecular flexibility index (Phi) is 13.3. The van der Waals surface area contributed by atoms with E-state index in [2.05, 4.69) is 6.92 Å². The Morgan fingerprint density at radius 3 is 1.91 bits per heavy atom. The Balaban J connectivity index is 3.01. The molecule has 5 atom stereocenters. The lowest BCUT2D eigenvalue weighted by Crippen LogP contribution is -2.63. The maximum atomic E-state index is 11.8. The van der Waals surface area contributed by atoms with Gasteiger partial charge in [0.2, 0.25) is 0 Å². The van der Waals surface area contributed by atoms with E-state index in [9.17, 15) is 19.2 Å². The highest BCUT2D eigenvalue weighted by molar-refractivity contribution is 7.99. The number of unbranched alkanes of at least 4 members (excludes halogenated alkanes) is 1. The zero-order chi connectivity index (χ0) is 24.1. The molecule has 0 saturated carbocycles. The van der Waals surface area contributed by atoms with Crippen LogP contribution >= 0.6 is 11.8 Å². The first kappa shape index (κ1) is 28.2. The van der Waals surface area contributed by atoms with E-state index in [-0.39, 0.29) is 6.61 Å². The Morgan fingerprint density at radius 2 is 1.34 bits per heavy atom. The van der Waals surface area contributed by atoms with E-state index in [0.717, 1.165) is 30.8 Å². The summed E-state index contributed by atoms with van der Waals surface area (Å²) in [6.45, 7) is 6.92. The van der Waals surface area contributed by atoms with Gasteiger partial charge in [0, 0.05) is 27.7 Å². The highest BCUT2D eigenvalue weighted by Gasteiger charge is 2.52. The number of carbonyl (C=O) groups is 4. The van der Waals surface area contributed by atoms with Crippen molar-refractivity contribution in [3.8, 4) is 0 Å². The van der Waals surface area contributed by atoms with Crippen LogP contribution in [0.4, 0.5) is 0 Å². The molecular formula is C21H34O10S. The highest BCUT2D eigenvalue weighted by atomic mass is 32.2. The van der Waals surface area contributed by atoms with Gasteiger partial charge in [-0.1, -0.05) is 13.3 Å². The van der Waals surface area contributed by atoms with Crippen LogP contribution in [0.2, 0.25) is 0 Å². The van der Waals surface area contributed by atoms with Crippen molar-refractivity contribution in [3.63, 3.8) is 0 Å². The third-order valence-corrected chi connectivity index (χ3v) is 5.46. The first-order valence-electron chi connectivity index (χ1n) is 10.7. The van der Waals surface area contributed by atoms with E-state index in [0.29, 0.717) is 6.61 Å². The fourth-order valence-electron chi connectivity index (χ4n) is 3.03. The number of rotatable bonds is 13. The SMILES string of the molecule is CCCCSCCCO[C@@H]1O[C@H](COC(C)=O)[C@@H](OC(C)=O)[C@H](OC(C)=O)[C@H]1OC(C)=O. The number of esters is 4. The number of thioether (sulfide) groups is 1. The Labute approximate surface area is 192 Å². The minimum Gasteiger partial charge on any atom is -0.463 e. The maximum Gasteiger partial charge on any atom is 0.303 e. The largest absolute Gasteiger partial charge is 0.463 e. The van der Waals surface area contributed by atoms with E-state index in [4.69, 9.17) is 28.4 Å². The molecule has 32 heavy (non-hydrogen) atoms. The first-order valence-corrected chi connectivity index (χ1v) is 11.8. The Morgan fingerprint density at radius 1 is 0.781 bits per heavy atom. The van der Waals surface area contributed by atoms with Crippen LogP contribution in [0.3, 0.4) is 0 Å². The van der Waals surface area contributed by atoms with Gasteiger partial charge in [0.25, 0.3) is 0 Å². The number of hydrogen-bond donors (Lipinski definition) is 0. The fourth-order valence-corrected chi connectivity index (χ4v) is 4.05. The molecule has 0 N–H and O–H groups in total. The normalized spacial score (nSPS) is 25.0. The third kappa shape index (κ3) is 10.6. The van der Waals surface area contributed by atoms with E-state index in [1.807, 2.05) is 11.8 Å². The van der Waals surface area contributed by atoms with Gasteiger partial charge in [-0.25, -0.2) is 0 Å². The van der Waals surface area contributed by atoms with Crippen molar-refractivity contribution in [2.45, 2.75) is 84.6 Å². The van der Waals surface area contributed by atoms with Gasteiger partial charge in [0.1, 0.15) is 12.7 Å². The number of ether oxygens (including phenoxy) is 6. The molecule has 10 nitrogen and oxygen atoms in total. The quantitative estimate of drug-likeness (QED) is 0.219. The average molecular weight is 479 g/mol. The molecule has 1 saturated heterocycles. The summed E-state index contributed by atoms with van der Waals surface area (Å²) in [6.07, 6.45) is -2.68. The summed E-state index contributed by atoms with van der Waals surface area (Å²) < 4.78 is 32.7. The molecule has 0 aliphatic carbocycles. The molecule has 1 aliphatic rings. The topological polar surface area (TPSA) is 124 Å². The Bertz CT molecular complexity index is 626. The fraction of sp³-hybridized carbons (Fsp3) is 0.810. The van der Waals surface area contributed by atoms with Crippen LogP contribution in [0.15, 0.2) is 0 Å². The monoisotopic (exact) mass is 478 g/mol. The lowest BCUT2D eigenvalue weighted by atomic mass is 9.98. The van der Waals surface area contributed by atoms with Gasteiger partial charge in [-0.15, -0.1) is 0 Å². The predicted molar refractivity (Wildman–Crippen MR) is 115 cm³/mol. The van der Waals surface area contributed by atoms with Crippen molar-refractivity contribution in [1.82, 2.24) is 0 Å². The Hall–Kier alpha value is -1.85. The van der Waals surface area contributed by atoms with E-state index in [1.54, 1.807) is 0 Å². The van der Waals surface area contributed by atoms with E-state index >= 15 is 0 Å². The first-order chi connectivity index (χ1) is 15.1. The van der Waals surface area contributed by atoms with Crippen molar-refractivity contribution < 1.29 is 47.6 Å². The second-order valence-electron chi connectivity index (χ2n) is 7.26. The molecule has 1 aliphatic heterocycles. The summed E-state index contributed by atoms with van der Waals surface area (Å²) in [7, 11) is 0. The second kappa shape index (κ2) is 15.1. The van der Waals surface area contributed by atoms with Crippen molar-refractivity contribution in [3.05, 3.63) is 0 Å². The molecular weight excluding hydrogens is 444 g/mol. The molecule has 0 aromatic carbocycles. The van der Waals surface area contributed by atoms with Gasteiger partial charge in [-0.05, 0) is 24.3 Å². The van der Waals surface area contributed by atoms with Crippen LogP contribution < -0.4 is 0 Å². The van der Waals surface area contributed by atoms with Crippen LogP contribution in [0.1, 0.15) is 53.9 Å². The average Bonchev–Trinajstić information content (AvgIpc) is 2.68. The third-order valence-electron chi connectivity index (χ3n) is 4.31. The van der Waals surface area contributed by atoms with Crippen molar-refractivity contribution in [1.29, 1.82) is 0 Å². The predicted octanol–water partition coefficient (Wildman–Crippen LogP) is 2.01. The van der Waals surface area contributed by atoms with Gasteiger partial charge in [-0.3, -0.25) is 19.2 Å². The summed E-state index contributed by atoms with van der Waals surface area (Å²) in [5.41, 5.74) is 0. The molecule has 0 spiro atoms. The minimum absolute atomic E-state index is 0.273. The molecule has 0 amide bonds. The van der Waals surface area contributed by atoms with Gasteiger partial charge >= 0.3 is 23.9 Å². The van der Waals surface area contributed by atoms with Crippen LogP contribution in [-0.4, -0.2) is 79.3 Å². The summed E-state index contributed by atoms with van der Waals surface area (Å²) in [6, 6.07) is 0. The summed E-state index contributed by atoms with van der Waals surface area (Å²) in [4.78, 5) is 46.5. The zero-order valence-electron chi connectivity index (χ0n) is 19.3. The van der Waals surface area contributed by atoms with E-state index in [1.165, 1.54) is 27.7 Å². The number of hydrogen-bond acceptors (Lipinski definition) is 11. The van der Waals surface area contributed by atoms with E-state index < -0.39 is 54.6 Å². The van der Waals surface area contributed by atoms with Gasteiger partial charge in [0.05, 0.1) is 6.61 Å². The van der Waals surface area contributed by atoms with Gasteiger partial charge in [-0.2, -0.15) is 11.8 Å². The minimum atomic E-state index is -1.21. The summed E-state index contributed by atoms with van der Waals surface area (Å²) in [5.74, 6) is -0.625. The summed E-state index contributed by atoms with van der Waals surface area (Å²) >= 11 is 1.81. The molecule has 0 aromatic rings. The molecule has 1 rings (SSSR count). The lowest BCUT2D eigenvalue weighted by Gasteiger charge is -2.44. The molecule has 0 unspecified atom stereocenters.